The molecule has 0 aliphatic heterocycles. The average Bonchev–Trinajstić information content (AvgIpc) is 2.44. The number of terminal acetylenes is 1. The van der Waals surface area contributed by atoms with Crippen LogP contribution in [0.1, 0.15) is 26.3 Å². The molecule has 23 heavy (non-hydrogen) atoms. The lowest BCUT2D eigenvalue weighted by atomic mass is 10.2. The van der Waals surface area contributed by atoms with Crippen LogP contribution >= 0.6 is 11.8 Å². The number of hydrogen-bond donors (Lipinski definition) is 3. The van der Waals surface area contributed by atoms with Gasteiger partial charge in [-0.25, -0.2) is 4.79 Å². The largest absolute Gasteiger partial charge is 0.344 e. The Morgan fingerprint density at radius 3 is 2.52 bits per heavy atom. The fourth-order valence-electron chi connectivity index (χ4n) is 1.73. The lowest BCUT2D eigenvalue weighted by Gasteiger charge is -2.18. The number of nitrogens with one attached hydrogen (secondary N) is 3. The van der Waals surface area contributed by atoms with Crippen molar-refractivity contribution in [3.8, 4) is 12.3 Å². The molecule has 5 nitrogen and oxygen atoms in total. The van der Waals surface area contributed by atoms with E-state index in [4.69, 9.17) is 6.42 Å². The molecule has 0 spiro atoms. The highest BCUT2D eigenvalue weighted by atomic mass is 32.2. The maximum absolute atomic E-state index is 11.8. The number of carbonyl (C=O) groups excluding carboxylic acids is 2. The van der Waals surface area contributed by atoms with E-state index in [0.29, 0.717) is 5.69 Å². The summed E-state index contributed by atoms with van der Waals surface area (Å²) in [5, 5.41) is 7.69. The summed E-state index contributed by atoms with van der Waals surface area (Å²) >= 11 is 1.77. The van der Waals surface area contributed by atoms with Crippen molar-refractivity contribution in [3.63, 3.8) is 0 Å². The van der Waals surface area contributed by atoms with Crippen molar-refractivity contribution in [2.75, 3.05) is 18.4 Å². The first-order valence-electron chi connectivity index (χ1n) is 7.26. The molecule has 0 aromatic heterocycles. The topological polar surface area (TPSA) is 70.2 Å². The molecular weight excluding hydrogens is 310 g/mol. The van der Waals surface area contributed by atoms with Crippen molar-refractivity contribution in [2.24, 2.45) is 0 Å². The first-order valence-corrected chi connectivity index (χ1v) is 8.07. The van der Waals surface area contributed by atoms with E-state index in [9.17, 15) is 9.59 Å². The molecule has 0 unspecified atom stereocenters. The Kier molecular flexibility index (Phi) is 6.98. The van der Waals surface area contributed by atoms with E-state index in [0.717, 1.165) is 10.5 Å². The highest BCUT2D eigenvalue weighted by Gasteiger charge is 2.13. The molecule has 0 saturated carbocycles. The summed E-state index contributed by atoms with van der Waals surface area (Å²) in [6.45, 7) is 8.41. The van der Waals surface area contributed by atoms with Gasteiger partial charge in [0.2, 0.25) is 5.91 Å². The van der Waals surface area contributed by atoms with Crippen molar-refractivity contribution >= 4 is 29.4 Å². The van der Waals surface area contributed by atoms with Gasteiger partial charge in [-0.3, -0.25) is 4.79 Å². The second-order valence-electron chi connectivity index (χ2n) is 5.98. The highest BCUT2D eigenvalue weighted by Crippen LogP contribution is 2.33. The summed E-state index contributed by atoms with van der Waals surface area (Å²) in [5.41, 5.74) is 1.68. The maximum Gasteiger partial charge on any atom is 0.319 e. The first kappa shape index (κ1) is 18.9. The molecule has 0 atom stereocenters. The molecule has 124 valence electrons. The second kappa shape index (κ2) is 8.49. The number of amides is 3. The van der Waals surface area contributed by atoms with Crippen molar-refractivity contribution in [2.45, 2.75) is 37.3 Å². The Morgan fingerprint density at radius 2 is 1.96 bits per heavy atom. The van der Waals surface area contributed by atoms with Crippen molar-refractivity contribution < 1.29 is 9.59 Å². The lowest BCUT2D eigenvalue weighted by Crippen LogP contribution is -2.39. The molecule has 3 N–H and O–H groups in total. The van der Waals surface area contributed by atoms with Gasteiger partial charge in [0.05, 0.1) is 13.1 Å². The quantitative estimate of drug-likeness (QED) is 0.573. The number of aryl methyl sites for hydroxylation is 1. The van der Waals surface area contributed by atoms with E-state index in [1.54, 1.807) is 11.8 Å². The third-order valence-electron chi connectivity index (χ3n) is 2.67. The van der Waals surface area contributed by atoms with E-state index in [2.05, 4.69) is 42.6 Å². The van der Waals surface area contributed by atoms with Crippen LogP contribution in [0.25, 0.3) is 0 Å². The highest BCUT2D eigenvalue weighted by molar-refractivity contribution is 8.00. The van der Waals surface area contributed by atoms with Crippen LogP contribution in [0.3, 0.4) is 0 Å². The van der Waals surface area contributed by atoms with Crippen LogP contribution in [0.2, 0.25) is 0 Å². The third-order valence-corrected chi connectivity index (χ3v) is 3.77. The maximum atomic E-state index is 11.8. The molecule has 3 amide bonds. The SMILES string of the molecule is C#CCNC(=O)CNC(=O)Nc1ccc(SC(C)(C)C)cc1C. The van der Waals surface area contributed by atoms with Crippen LogP contribution in [0.5, 0.6) is 0 Å². The number of benzene rings is 1. The van der Waals surface area contributed by atoms with E-state index in [1.165, 1.54) is 0 Å². The van der Waals surface area contributed by atoms with Crippen LogP contribution in [0.4, 0.5) is 10.5 Å². The minimum atomic E-state index is -0.430. The Bertz CT molecular complexity index is 615. The number of hydrogen-bond acceptors (Lipinski definition) is 3. The Balaban J connectivity index is 2.55. The predicted octanol–water partition coefficient (Wildman–Crippen LogP) is 2.76. The predicted molar refractivity (Wildman–Crippen MR) is 95.7 cm³/mol. The molecule has 0 fully saturated rings. The average molecular weight is 333 g/mol. The van der Waals surface area contributed by atoms with Crippen LogP contribution < -0.4 is 16.0 Å². The van der Waals surface area contributed by atoms with Crippen LogP contribution in [-0.4, -0.2) is 29.8 Å². The Hall–Kier alpha value is -2.13. The van der Waals surface area contributed by atoms with Gasteiger partial charge in [0.1, 0.15) is 0 Å². The van der Waals surface area contributed by atoms with Crippen LogP contribution in [0, 0.1) is 19.3 Å². The van der Waals surface area contributed by atoms with E-state index in [1.807, 2.05) is 25.1 Å². The summed E-state index contributed by atoms with van der Waals surface area (Å²) < 4.78 is 0.129. The minimum Gasteiger partial charge on any atom is -0.344 e. The van der Waals surface area contributed by atoms with Gasteiger partial charge in [0.25, 0.3) is 0 Å². The van der Waals surface area contributed by atoms with Crippen molar-refractivity contribution in [3.05, 3.63) is 23.8 Å². The normalized spacial score (nSPS) is 10.6. The molecule has 1 aromatic rings. The van der Waals surface area contributed by atoms with Crippen LogP contribution in [-0.2, 0) is 4.79 Å². The van der Waals surface area contributed by atoms with Gasteiger partial charge < -0.3 is 16.0 Å². The molecule has 1 rings (SSSR count). The molecular formula is C17H23N3O2S. The van der Waals surface area contributed by atoms with E-state index >= 15 is 0 Å². The molecule has 0 heterocycles. The van der Waals surface area contributed by atoms with Gasteiger partial charge >= 0.3 is 6.03 Å². The summed E-state index contributed by atoms with van der Waals surface area (Å²) in [6, 6.07) is 5.44. The monoisotopic (exact) mass is 333 g/mol. The number of thioether (sulfide) groups is 1. The number of rotatable bonds is 5. The van der Waals surface area contributed by atoms with Gasteiger partial charge in [-0.2, -0.15) is 0 Å². The van der Waals surface area contributed by atoms with Gasteiger partial charge in [0, 0.05) is 15.3 Å². The number of urea groups is 1. The second-order valence-corrected chi connectivity index (χ2v) is 7.88. The molecule has 1 aromatic carbocycles. The molecule has 0 aliphatic carbocycles. The fraction of sp³-hybridized carbons (Fsp3) is 0.412. The number of anilines is 1. The molecule has 0 saturated heterocycles. The zero-order valence-corrected chi connectivity index (χ0v) is 14.8. The van der Waals surface area contributed by atoms with E-state index < -0.39 is 6.03 Å². The standard InChI is InChI=1S/C17H23N3O2S/c1-6-9-18-15(21)11-19-16(22)20-14-8-7-13(10-12(14)2)23-17(3,4)5/h1,7-8,10H,9,11H2,2-5H3,(H,18,21)(H2,19,20,22). The fourth-order valence-corrected chi connectivity index (χ4v) is 2.81. The van der Waals surface area contributed by atoms with Crippen molar-refractivity contribution in [1.29, 1.82) is 0 Å². The molecule has 0 radical (unpaired) electrons. The zero-order chi connectivity index (χ0) is 17.5. The molecule has 6 heteroatoms. The van der Waals surface area contributed by atoms with Gasteiger partial charge in [-0.15, -0.1) is 18.2 Å². The number of carbonyl (C=O) groups is 2. The van der Waals surface area contributed by atoms with Crippen molar-refractivity contribution in [1.82, 2.24) is 10.6 Å². The van der Waals surface area contributed by atoms with E-state index in [-0.39, 0.29) is 23.7 Å². The Labute approximate surface area is 142 Å². The summed E-state index contributed by atoms with van der Waals surface area (Å²) in [7, 11) is 0. The minimum absolute atomic E-state index is 0.121. The summed E-state index contributed by atoms with van der Waals surface area (Å²) in [6.07, 6.45) is 5.04. The lowest BCUT2D eigenvalue weighted by molar-refractivity contribution is -0.119. The smallest absolute Gasteiger partial charge is 0.319 e. The molecule has 0 aliphatic rings. The van der Waals surface area contributed by atoms with Gasteiger partial charge in [0.15, 0.2) is 0 Å². The third kappa shape index (κ3) is 7.61. The summed E-state index contributed by atoms with van der Waals surface area (Å²) in [4.78, 5) is 24.3. The first-order chi connectivity index (χ1) is 10.7. The zero-order valence-electron chi connectivity index (χ0n) is 13.9. The van der Waals surface area contributed by atoms with Gasteiger partial charge in [-0.05, 0) is 30.7 Å². The van der Waals surface area contributed by atoms with Crippen LogP contribution in [0.15, 0.2) is 23.1 Å². The summed E-state index contributed by atoms with van der Waals surface area (Å²) in [5.74, 6) is 1.97. The Morgan fingerprint density at radius 1 is 1.26 bits per heavy atom. The van der Waals surface area contributed by atoms with Gasteiger partial charge in [-0.1, -0.05) is 26.7 Å². The molecule has 0 bridgehead atoms.